The predicted octanol–water partition coefficient (Wildman–Crippen LogP) is 4.14. The topological polar surface area (TPSA) is 45.2 Å². The van der Waals surface area contributed by atoms with Crippen LogP contribution in [0.1, 0.15) is 28.9 Å². The molecular weight excluding hydrogens is 395 g/mol. The van der Waals surface area contributed by atoms with Gasteiger partial charge in [0.1, 0.15) is 0 Å². The molecule has 0 aliphatic carbocycles. The third-order valence-corrected chi connectivity index (χ3v) is 7.01. The van der Waals surface area contributed by atoms with E-state index in [1.54, 1.807) is 24.3 Å². The molecule has 27 heavy (non-hydrogen) atoms. The molecule has 9 heteroatoms. The van der Waals surface area contributed by atoms with Crippen LogP contribution < -0.4 is 5.32 Å². The lowest BCUT2D eigenvalue weighted by molar-refractivity contribution is -0.141. The number of halogens is 3. The largest absolute Gasteiger partial charge is 0.434 e. The zero-order chi connectivity index (χ0) is 19.0. The van der Waals surface area contributed by atoms with Gasteiger partial charge in [0.25, 0.3) is 5.91 Å². The highest BCUT2D eigenvalue weighted by Crippen LogP contribution is 2.36. The molecule has 1 amide bonds. The normalized spacial score (nSPS) is 24.8. The number of nitrogens with one attached hydrogen (secondary N) is 1. The molecule has 0 saturated carbocycles. The van der Waals surface area contributed by atoms with Gasteiger partial charge in [-0.05, 0) is 56.1 Å². The monoisotopic (exact) mass is 413 g/mol. The summed E-state index contributed by atoms with van der Waals surface area (Å²) in [6, 6.07) is 7.09. The van der Waals surface area contributed by atoms with Gasteiger partial charge in [-0.1, -0.05) is 11.8 Å². The summed E-state index contributed by atoms with van der Waals surface area (Å²) in [4.78, 5) is 19.2. The van der Waals surface area contributed by atoms with E-state index < -0.39 is 11.9 Å². The molecule has 1 N–H and O–H groups in total. The number of piperidine rings is 3. The highest BCUT2D eigenvalue weighted by atomic mass is 32.2. The van der Waals surface area contributed by atoms with E-state index in [1.165, 1.54) is 0 Å². The second kappa shape index (κ2) is 7.44. The minimum atomic E-state index is -4.42. The van der Waals surface area contributed by atoms with Crippen LogP contribution in [0.5, 0.6) is 0 Å². The molecule has 0 unspecified atom stereocenters. The first-order chi connectivity index (χ1) is 12.9. The van der Waals surface area contributed by atoms with E-state index in [9.17, 15) is 18.0 Å². The first-order valence-electron chi connectivity index (χ1n) is 8.72. The van der Waals surface area contributed by atoms with E-state index in [0.29, 0.717) is 15.8 Å². The molecule has 2 aromatic rings. The number of alkyl halides is 3. The fraction of sp³-hybridized carbons (Fsp3) is 0.444. The Morgan fingerprint density at radius 1 is 1.22 bits per heavy atom. The molecule has 0 radical (unpaired) electrons. The lowest BCUT2D eigenvalue weighted by Gasteiger charge is -2.44. The lowest BCUT2D eigenvalue weighted by atomic mass is 9.84. The van der Waals surface area contributed by atoms with Crippen molar-refractivity contribution in [2.24, 2.45) is 5.92 Å². The maximum atomic E-state index is 12.6. The standard InChI is InChI=1S/C18H18F3N3OS2/c19-18(20,21)15-10-26-17(23-15)27-13-3-1-12(2-4-13)16(25)22-14-9-24-7-5-11(14)6-8-24/h1-4,10-11,14H,5-9H2,(H,22,25)/t14-/m0/s1. The van der Waals surface area contributed by atoms with E-state index in [4.69, 9.17) is 0 Å². The third-order valence-electron chi connectivity index (χ3n) is 5.07. The van der Waals surface area contributed by atoms with E-state index in [-0.39, 0.29) is 11.9 Å². The second-order valence-corrected chi connectivity index (χ2v) is 9.02. The molecule has 3 aliphatic heterocycles. The molecule has 1 aromatic carbocycles. The number of fused-ring (bicyclic) bond motifs is 3. The minimum absolute atomic E-state index is 0.0982. The van der Waals surface area contributed by atoms with Crippen molar-refractivity contribution in [2.75, 3.05) is 19.6 Å². The Morgan fingerprint density at radius 2 is 1.93 bits per heavy atom. The van der Waals surface area contributed by atoms with Crippen molar-refractivity contribution in [1.82, 2.24) is 15.2 Å². The van der Waals surface area contributed by atoms with Crippen molar-refractivity contribution >= 4 is 29.0 Å². The molecule has 4 heterocycles. The number of amides is 1. The number of rotatable bonds is 4. The number of carbonyl (C=O) groups is 1. The quantitative estimate of drug-likeness (QED) is 0.819. The van der Waals surface area contributed by atoms with Crippen LogP contribution in [0, 0.1) is 5.92 Å². The summed E-state index contributed by atoms with van der Waals surface area (Å²) in [5.74, 6) is 0.459. The first kappa shape index (κ1) is 18.8. The number of carbonyl (C=O) groups excluding carboxylic acids is 1. The predicted molar refractivity (Wildman–Crippen MR) is 98.1 cm³/mol. The summed E-state index contributed by atoms with van der Waals surface area (Å²) < 4.78 is 38.2. The molecule has 2 bridgehead atoms. The summed E-state index contributed by atoms with van der Waals surface area (Å²) in [7, 11) is 0. The second-order valence-electron chi connectivity index (χ2n) is 6.84. The zero-order valence-electron chi connectivity index (χ0n) is 14.3. The number of thiazole rings is 1. The molecule has 3 aliphatic rings. The van der Waals surface area contributed by atoms with Gasteiger partial charge in [0.15, 0.2) is 10.0 Å². The van der Waals surface area contributed by atoms with Crippen LogP contribution in [0.25, 0.3) is 0 Å². The van der Waals surface area contributed by atoms with Crippen LogP contribution >= 0.6 is 23.1 Å². The molecule has 5 rings (SSSR count). The van der Waals surface area contributed by atoms with Crippen LogP contribution in [0.4, 0.5) is 13.2 Å². The molecule has 3 fully saturated rings. The molecule has 144 valence electrons. The van der Waals surface area contributed by atoms with E-state index >= 15 is 0 Å². The highest BCUT2D eigenvalue weighted by molar-refractivity contribution is 8.01. The molecule has 4 nitrogen and oxygen atoms in total. The number of hydrogen-bond donors (Lipinski definition) is 1. The number of aromatic nitrogens is 1. The summed E-state index contributed by atoms with van der Waals surface area (Å²) in [6.07, 6.45) is -2.16. The van der Waals surface area contributed by atoms with Crippen molar-refractivity contribution in [3.8, 4) is 0 Å². The van der Waals surface area contributed by atoms with Gasteiger partial charge in [0, 0.05) is 28.4 Å². The maximum absolute atomic E-state index is 12.6. The summed E-state index contributed by atoms with van der Waals surface area (Å²) in [5, 5.41) is 4.14. The van der Waals surface area contributed by atoms with Crippen molar-refractivity contribution in [1.29, 1.82) is 0 Å². The van der Waals surface area contributed by atoms with Gasteiger partial charge in [0.05, 0.1) is 0 Å². The smallest absolute Gasteiger partial charge is 0.348 e. The lowest BCUT2D eigenvalue weighted by Crippen LogP contribution is -2.57. The van der Waals surface area contributed by atoms with E-state index in [2.05, 4.69) is 15.2 Å². The van der Waals surface area contributed by atoms with Crippen molar-refractivity contribution in [2.45, 2.75) is 34.3 Å². The Bertz CT molecular complexity index is 814. The van der Waals surface area contributed by atoms with Gasteiger partial charge in [-0.15, -0.1) is 11.3 Å². The van der Waals surface area contributed by atoms with Gasteiger partial charge >= 0.3 is 6.18 Å². The fourth-order valence-corrected chi connectivity index (χ4v) is 5.38. The zero-order valence-corrected chi connectivity index (χ0v) is 16.0. The van der Waals surface area contributed by atoms with Crippen LogP contribution in [-0.2, 0) is 6.18 Å². The average Bonchev–Trinajstić information content (AvgIpc) is 3.12. The molecule has 1 aromatic heterocycles. The number of hydrogen-bond acceptors (Lipinski definition) is 5. The van der Waals surface area contributed by atoms with Gasteiger partial charge in [0.2, 0.25) is 0 Å². The summed E-state index contributed by atoms with van der Waals surface area (Å²) in [5.41, 5.74) is -0.311. The van der Waals surface area contributed by atoms with Crippen molar-refractivity contribution in [3.05, 3.63) is 40.9 Å². The molecule has 1 atom stereocenters. The minimum Gasteiger partial charge on any atom is -0.348 e. The van der Waals surface area contributed by atoms with Crippen molar-refractivity contribution in [3.63, 3.8) is 0 Å². The van der Waals surface area contributed by atoms with Gasteiger partial charge < -0.3 is 10.2 Å². The number of benzene rings is 1. The molecular formula is C18H18F3N3OS2. The Morgan fingerprint density at radius 3 is 2.48 bits per heavy atom. The van der Waals surface area contributed by atoms with E-state index in [1.807, 2.05) is 0 Å². The van der Waals surface area contributed by atoms with Crippen LogP contribution in [0.2, 0.25) is 0 Å². The Labute approximate surface area is 163 Å². The highest BCUT2D eigenvalue weighted by Gasteiger charge is 2.35. The van der Waals surface area contributed by atoms with Crippen LogP contribution in [0.3, 0.4) is 0 Å². The summed E-state index contributed by atoms with van der Waals surface area (Å²) in [6.45, 7) is 3.15. The Hall–Kier alpha value is -1.58. The Kier molecular flexibility index (Phi) is 5.17. The maximum Gasteiger partial charge on any atom is 0.434 e. The van der Waals surface area contributed by atoms with Gasteiger partial charge in [-0.3, -0.25) is 4.79 Å². The van der Waals surface area contributed by atoms with Crippen LogP contribution in [-0.4, -0.2) is 41.5 Å². The molecule has 0 spiro atoms. The first-order valence-corrected chi connectivity index (χ1v) is 10.4. The van der Waals surface area contributed by atoms with Gasteiger partial charge in [-0.2, -0.15) is 13.2 Å². The SMILES string of the molecule is O=C(N[C@H]1CN2CCC1CC2)c1ccc(Sc2nc(C(F)(F)F)cs2)cc1. The fourth-order valence-electron chi connectivity index (χ4n) is 3.59. The van der Waals surface area contributed by atoms with Crippen LogP contribution in [0.15, 0.2) is 38.9 Å². The van der Waals surface area contributed by atoms with Gasteiger partial charge in [-0.25, -0.2) is 4.98 Å². The van der Waals surface area contributed by atoms with Crippen molar-refractivity contribution < 1.29 is 18.0 Å². The summed E-state index contributed by atoms with van der Waals surface area (Å²) >= 11 is 2.12. The molecule has 3 saturated heterocycles. The number of nitrogens with zero attached hydrogens (tertiary/aromatic N) is 2. The van der Waals surface area contributed by atoms with E-state index in [0.717, 1.165) is 65.9 Å². The Balaban J connectivity index is 1.37. The average molecular weight is 413 g/mol. The third kappa shape index (κ3) is 4.30.